The van der Waals surface area contributed by atoms with E-state index in [1.54, 1.807) is 16.9 Å². The molecule has 0 atom stereocenters. The van der Waals surface area contributed by atoms with Crippen molar-refractivity contribution >= 4 is 27.0 Å². The van der Waals surface area contributed by atoms with Gasteiger partial charge in [-0.2, -0.15) is 10.2 Å². The molecule has 0 radical (unpaired) electrons. The standard InChI is InChI=1S/C11H11N3.C7H5BrN2/c1-11(2,12-3)9-4-5-10-6-7-13-14(10)8-9;8-6-1-2-7-3-4-9-10(7)5-6/h4-8H,1-2H3;1-5H. The van der Waals surface area contributed by atoms with E-state index in [0.29, 0.717) is 0 Å². The van der Waals surface area contributed by atoms with E-state index in [2.05, 4.69) is 31.0 Å². The summed E-state index contributed by atoms with van der Waals surface area (Å²) >= 11 is 3.36. The van der Waals surface area contributed by atoms with Gasteiger partial charge in [0.05, 0.1) is 16.6 Å². The first-order chi connectivity index (χ1) is 11.5. The van der Waals surface area contributed by atoms with Crippen LogP contribution in [-0.4, -0.2) is 19.2 Å². The van der Waals surface area contributed by atoms with Gasteiger partial charge in [0.25, 0.3) is 5.54 Å². The second kappa shape index (κ2) is 6.46. The Balaban J connectivity index is 0.000000149. The molecule has 4 aromatic heterocycles. The van der Waals surface area contributed by atoms with Gasteiger partial charge in [-0.3, -0.25) is 0 Å². The van der Waals surface area contributed by atoms with E-state index < -0.39 is 5.54 Å². The number of nitrogens with zero attached hydrogens (tertiary/aromatic N) is 5. The first-order valence-electron chi connectivity index (χ1n) is 7.41. The van der Waals surface area contributed by atoms with Crippen molar-refractivity contribution in [2.45, 2.75) is 19.4 Å². The average Bonchev–Trinajstić information content (AvgIpc) is 3.22. The lowest BCUT2D eigenvalue weighted by atomic mass is 9.97. The Labute approximate surface area is 148 Å². The molecule has 4 rings (SSSR count). The van der Waals surface area contributed by atoms with Crippen molar-refractivity contribution in [2.24, 2.45) is 0 Å². The minimum absolute atomic E-state index is 0.472. The number of aromatic nitrogens is 4. The minimum atomic E-state index is -0.472. The molecule has 4 heterocycles. The molecule has 24 heavy (non-hydrogen) atoms. The molecule has 0 aliphatic rings. The molecule has 0 N–H and O–H groups in total. The van der Waals surface area contributed by atoms with Gasteiger partial charge < -0.3 is 4.85 Å². The van der Waals surface area contributed by atoms with Crippen molar-refractivity contribution in [3.05, 3.63) is 82.6 Å². The molecule has 6 heteroatoms. The van der Waals surface area contributed by atoms with Crippen LogP contribution in [-0.2, 0) is 5.54 Å². The van der Waals surface area contributed by atoms with Crippen molar-refractivity contribution in [1.82, 2.24) is 19.2 Å². The minimum Gasteiger partial charge on any atom is -0.306 e. The maximum Gasteiger partial charge on any atom is 0.253 e. The lowest BCUT2D eigenvalue weighted by Crippen LogP contribution is -2.11. The lowest BCUT2D eigenvalue weighted by molar-refractivity contribution is 0.655. The molecule has 0 amide bonds. The fourth-order valence-corrected chi connectivity index (χ4v) is 2.56. The van der Waals surface area contributed by atoms with Crippen molar-refractivity contribution in [2.75, 3.05) is 0 Å². The Bertz CT molecular complexity index is 1020. The van der Waals surface area contributed by atoms with E-state index in [1.807, 2.05) is 67.2 Å². The summed E-state index contributed by atoms with van der Waals surface area (Å²) in [5, 5.41) is 8.21. The van der Waals surface area contributed by atoms with E-state index >= 15 is 0 Å². The third-order valence-corrected chi connectivity index (χ3v) is 4.21. The monoisotopic (exact) mass is 381 g/mol. The maximum atomic E-state index is 7.11. The maximum absolute atomic E-state index is 7.11. The van der Waals surface area contributed by atoms with E-state index in [9.17, 15) is 0 Å². The number of fused-ring (bicyclic) bond motifs is 2. The number of rotatable bonds is 1. The Morgan fingerprint density at radius 3 is 2.12 bits per heavy atom. The molecule has 5 nitrogen and oxygen atoms in total. The molecule has 0 bridgehead atoms. The predicted molar refractivity (Wildman–Crippen MR) is 97.7 cm³/mol. The predicted octanol–water partition coefficient (Wildman–Crippen LogP) is 4.59. The van der Waals surface area contributed by atoms with Crippen LogP contribution in [0.3, 0.4) is 0 Å². The van der Waals surface area contributed by atoms with Gasteiger partial charge in [-0.1, -0.05) is 0 Å². The van der Waals surface area contributed by atoms with Crippen LogP contribution in [0.5, 0.6) is 0 Å². The molecule has 0 aromatic carbocycles. The normalized spacial score (nSPS) is 11.1. The third kappa shape index (κ3) is 3.31. The molecule has 0 saturated carbocycles. The zero-order chi connectivity index (χ0) is 17.2. The zero-order valence-corrected chi connectivity index (χ0v) is 15.0. The first kappa shape index (κ1) is 16.2. The number of hydrogen-bond donors (Lipinski definition) is 0. The fraction of sp³-hybridized carbons (Fsp3) is 0.167. The summed E-state index contributed by atoms with van der Waals surface area (Å²) in [5.41, 5.74) is 2.68. The van der Waals surface area contributed by atoms with Crippen LogP contribution in [0, 0.1) is 6.57 Å². The Morgan fingerprint density at radius 2 is 1.50 bits per heavy atom. The number of hydrogen-bond acceptors (Lipinski definition) is 2. The zero-order valence-electron chi connectivity index (χ0n) is 13.4. The SMILES string of the molecule is Brc1ccc2ccnn2c1.[C-]#[N+]C(C)(C)c1ccc2ccnn2c1. The van der Waals surface area contributed by atoms with Gasteiger partial charge in [0.15, 0.2) is 0 Å². The molecule has 0 unspecified atom stereocenters. The quantitative estimate of drug-likeness (QED) is 0.452. The van der Waals surface area contributed by atoms with Crippen LogP contribution in [0.25, 0.3) is 15.9 Å². The molecule has 0 aliphatic heterocycles. The highest BCUT2D eigenvalue weighted by atomic mass is 79.9. The lowest BCUT2D eigenvalue weighted by Gasteiger charge is -2.11. The summed E-state index contributed by atoms with van der Waals surface area (Å²) in [4.78, 5) is 3.59. The molecule has 0 saturated heterocycles. The summed E-state index contributed by atoms with van der Waals surface area (Å²) in [6, 6.07) is 11.9. The Kier molecular flexibility index (Phi) is 4.36. The Morgan fingerprint density at radius 1 is 0.917 bits per heavy atom. The van der Waals surface area contributed by atoms with Crippen LogP contribution >= 0.6 is 15.9 Å². The molecule has 0 aliphatic carbocycles. The molecular weight excluding hydrogens is 366 g/mol. The van der Waals surface area contributed by atoms with E-state index in [1.165, 1.54) is 0 Å². The Hall–Kier alpha value is -2.65. The highest BCUT2D eigenvalue weighted by Crippen LogP contribution is 2.24. The van der Waals surface area contributed by atoms with Crippen LogP contribution in [0.15, 0.2) is 65.7 Å². The van der Waals surface area contributed by atoms with Gasteiger partial charge in [0.2, 0.25) is 0 Å². The van der Waals surface area contributed by atoms with Gasteiger partial charge in [-0.15, -0.1) is 0 Å². The average molecular weight is 382 g/mol. The van der Waals surface area contributed by atoms with Gasteiger partial charge in [-0.25, -0.2) is 15.6 Å². The molecule has 0 fully saturated rings. The van der Waals surface area contributed by atoms with E-state index in [-0.39, 0.29) is 0 Å². The molecule has 4 aromatic rings. The van der Waals surface area contributed by atoms with E-state index in [4.69, 9.17) is 6.57 Å². The summed E-state index contributed by atoms with van der Waals surface area (Å²) < 4.78 is 4.66. The van der Waals surface area contributed by atoms with Crippen LogP contribution in [0.4, 0.5) is 0 Å². The van der Waals surface area contributed by atoms with Crippen molar-refractivity contribution in [1.29, 1.82) is 0 Å². The van der Waals surface area contributed by atoms with E-state index in [0.717, 1.165) is 21.1 Å². The van der Waals surface area contributed by atoms with Crippen LogP contribution < -0.4 is 0 Å². The molecule has 0 spiro atoms. The summed E-state index contributed by atoms with van der Waals surface area (Å²) in [5.74, 6) is 0. The fourth-order valence-electron chi connectivity index (χ4n) is 2.23. The van der Waals surface area contributed by atoms with Crippen molar-refractivity contribution in [3.63, 3.8) is 0 Å². The second-order valence-electron chi connectivity index (χ2n) is 5.84. The van der Waals surface area contributed by atoms with Gasteiger partial charge in [-0.05, 0) is 52.3 Å². The summed E-state index contributed by atoms with van der Waals surface area (Å²) in [6.07, 6.45) is 7.37. The first-order valence-corrected chi connectivity index (χ1v) is 8.20. The molecule has 120 valence electrons. The van der Waals surface area contributed by atoms with Crippen LogP contribution in [0.1, 0.15) is 19.4 Å². The second-order valence-corrected chi connectivity index (χ2v) is 6.75. The number of pyridine rings is 2. The highest BCUT2D eigenvalue weighted by Gasteiger charge is 2.26. The highest BCUT2D eigenvalue weighted by molar-refractivity contribution is 9.10. The van der Waals surface area contributed by atoms with Gasteiger partial charge >= 0.3 is 0 Å². The third-order valence-electron chi connectivity index (χ3n) is 3.74. The van der Waals surface area contributed by atoms with Gasteiger partial charge in [0, 0.05) is 43.1 Å². The summed E-state index contributed by atoms with van der Waals surface area (Å²) in [6.45, 7) is 10.9. The molecular formula is C18H16BrN5. The number of halogens is 1. The summed E-state index contributed by atoms with van der Waals surface area (Å²) in [7, 11) is 0. The topological polar surface area (TPSA) is 39.0 Å². The van der Waals surface area contributed by atoms with Crippen molar-refractivity contribution in [3.8, 4) is 0 Å². The van der Waals surface area contributed by atoms with Gasteiger partial charge in [0.1, 0.15) is 0 Å². The van der Waals surface area contributed by atoms with Crippen LogP contribution in [0.2, 0.25) is 0 Å². The smallest absolute Gasteiger partial charge is 0.253 e. The van der Waals surface area contributed by atoms with Crippen molar-refractivity contribution < 1.29 is 0 Å². The largest absolute Gasteiger partial charge is 0.306 e.